The number of carbonyl (C=O) groups is 2. The van der Waals surface area contributed by atoms with Crippen molar-refractivity contribution in [3.05, 3.63) is 39.8 Å². The quantitative estimate of drug-likeness (QED) is 0.819. The van der Waals surface area contributed by atoms with Crippen molar-refractivity contribution < 1.29 is 9.59 Å². The second kappa shape index (κ2) is 9.60. The van der Waals surface area contributed by atoms with E-state index in [0.29, 0.717) is 17.8 Å². The molecular weight excluding hydrogens is 360 g/mol. The van der Waals surface area contributed by atoms with E-state index in [1.54, 1.807) is 0 Å². The molecule has 2 heterocycles. The zero-order chi connectivity index (χ0) is 19.1. The first-order valence-corrected chi connectivity index (χ1v) is 10.4. The van der Waals surface area contributed by atoms with Gasteiger partial charge in [-0.15, -0.1) is 10.2 Å². The van der Waals surface area contributed by atoms with Gasteiger partial charge in [0.2, 0.25) is 10.9 Å². The van der Waals surface area contributed by atoms with Crippen LogP contribution in [0.3, 0.4) is 0 Å². The van der Waals surface area contributed by atoms with E-state index < -0.39 is 0 Å². The lowest BCUT2D eigenvalue weighted by molar-refractivity contribution is -0.131. The Morgan fingerprint density at radius 3 is 2.48 bits per heavy atom. The smallest absolute Gasteiger partial charge is 0.286 e. The highest BCUT2D eigenvalue weighted by atomic mass is 32.1. The molecular formula is C20H26N4O2S. The lowest BCUT2D eigenvalue weighted by Crippen LogP contribution is -2.31. The summed E-state index contributed by atoms with van der Waals surface area (Å²) in [6.45, 7) is 3.78. The molecule has 1 aromatic heterocycles. The predicted molar refractivity (Wildman–Crippen MR) is 107 cm³/mol. The van der Waals surface area contributed by atoms with Crippen molar-refractivity contribution in [2.45, 2.75) is 51.9 Å². The Morgan fingerprint density at radius 2 is 1.78 bits per heavy atom. The Morgan fingerprint density at radius 1 is 1.07 bits per heavy atom. The highest BCUT2D eigenvalue weighted by Gasteiger charge is 2.16. The van der Waals surface area contributed by atoms with Crippen LogP contribution in [0.25, 0.3) is 0 Å². The second-order valence-corrected chi connectivity index (χ2v) is 8.03. The number of aromatic nitrogens is 2. The van der Waals surface area contributed by atoms with Gasteiger partial charge in [-0.05, 0) is 38.3 Å². The van der Waals surface area contributed by atoms with Crippen LogP contribution in [0.4, 0.5) is 5.69 Å². The minimum atomic E-state index is -0.247. The highest BCUT2D eigenvalue weighted by Crippen LogP contribution is 2.17. The first-order valence-electron chi connectivity index (χ1n) is 9.60. The SMILES string of the molecule is Cc1ccc(NC(=O)c2nnc(CCCC(=O)N3CCCCCC3)s2)cc1. The van der Waals surface area contributed by atoms with Crippen molar-refractivity contribution in [2.75, 3.05) is 18.4 Å². The van der Waals surface area contributed by atoms with Gasteiger partial charge in [0, 0.05) is 31.6 Å². The number of carbonyl (C=O) groups excluding carboxylic acids is 2. The van der Waals surface area contributed by atoms with Crippen molar-refractivity contribution in [3.8, 4) is 0 Å². The topological polar surface area (TPSA) is 75.2 Å². The Balaban J connectivity index is 1.45. The molecule has 7 heteroatoms. The Labute approximate surface area is 164 Å². The number of benzene rings is 1. The normalized spacial score (nSPS) is 14.6. The summed E-state index contributed by atoms with van der Waals surface area (Å²) in [7, 11) is 0. The van der Waals surface area contributed by atoms with Crippen LogP contribution in [-0.4, -0.2) is 40.0 Å². The fourth-order valence-corrected chi connectivity index (χ4v) is 3.91. The van der Waals surface area contributed by atoms with Crippen LogP contribution in [-0.2, 0) is 11.2 Å². The number of aryl methyl sites for hydroxylation is 2. The third kappa shape index (κ3) is 5.85. The van der Waals surface area contributed by atoms with Gasteiger partial charge in [-0.25, -0.2) is 0 Å². The third-order valence-electron chi connectivity index (χ3n) is 4.71. The summed E-state index contributed by atoms with van der Waals surface area (Å²) in [5.41, 5.74) is 1.88. The summed E-state index contributed by atoms with van der Waals surface area (Å²) in [6, 6.07) is 7.62. The first kappa shape index (κ1) is 19.5. The average molecular weight is 387 g/mol. The molecule has 0 spiro atoms. The highest BCUT2D eigenvalue weighted by molar-refractivity contribution is 7.13. The van der Waals surface area contributed by atoms with Crippen LogP contribution in [0.15, 0.2) is 24.3 Å². The summed E-state index contributed by atoms with van der Waals surface area (Å²) in [6.07, 6.45) is 6.62. The molecule has 6 nitrogen and oxygen atoms in total. The van der Waals surface area contributed by atoms with Crippen molar-refractivity contribution in [1.29, 1.82) is 0 Å². The number of anilines is 1. The molecule has 27 heavy (non-hydrogen) atoms. The molecule has 1 aliphatic heterocycles. The number of amides is 2. The predicted octanol–water partition coefficient (Wildman–Crippen LogP) is 3.82. The maximum Gasteiger partial charge on any atom is 0.286 e. The van der Waals surface area contributed by atoms with E-state index in [1.807, 2.05) is 36.1 Å². The molecule has 2 amide bonds. The minimum Gasteiger partial charge on any atom is -0.343 e. The Hall–Kier alpha value is -2.28. The second-order valence-electron chi connectivity index (χ2n) is 6.97. The van der Waals surface area contributed by atoms with Crippen molar-refractivity contribution in [1.82, 2.24) is 15.1 Å². The summed E-state index contributed by atoms with van der Waals surface area (Å²) in [4.78, 5) is 26.6. The number of rotatable bonds is 6. The fraction of sp³-hybridized carbons (Fsp3) is 0.500. The molecule has 0 aliphatic carbocycles. The monoisotopic (exact) mass is 386 g/mol. The lowest BCUT2D eigenvalue weighted by Gasteiger charge is -2.19. The Kier molecular flexibility index (Phi) is 6.92. The summed E-state index contributed by atoms with van der Waals surface area (Å²) >= 11 is 1.29. The van der Waals surface area contributed by atoms with E-state index in [4.69, 9.17) is 0 Å². The van der Waals surface area contributed by atoms with Crippen molar-refractivity contribution in [3.63, 3.8) is 0 Å². The van der Waals surface area contributed by atoms with E-state index in [9.17, 15) is 9.59 Å². The first-order chi connectivity index (χ1) is 13.1. The molecule has 0 saturated carbocycles. The molecule has 0 atom stereocenters. The van der Waals surface area contributed by atoms with Crippen LogP contribution in [0.1, 0.15) is 58.9 Å². The van der Waals surface area contributed by atoms with Gasteiger partial charge in [0.15, 0.2) is 0 Å². The van der Waals surface area contributed by atoms with Crippen LogP contribution >= 0.6 is 11.3 Å². The van der Waals surface area contributed by atoms with Gasteiger partial charge in [0.1, 0.15) is 5.01 Å². The molecule has 1 fully saturated rings. The van der Waals surface area contributed by atoms with Crippen LogP contribution < -0.4 is 5.32 Å². The molecule has 0 bridgehead atoms. The molecule has 0 radical (unpaired) electrons. The molecule has 144 valence electrons. The van der Waals surface area contributed by atoms with Crippen LogP contribution in [0.2, 0.25) is 0 Å². The summed E-state index contributed by atoms with van der Waals surface area (Å²) < 4.78 is 0. The molecule has 1 N–H and O–H groups in total. The van der Waals surface area contributed by atoms with Gasteiger partial charge >= 0.3 is 0 Å². The summed E-state index contributed by atoms with van der Waals surface area (Å²) in [5, 5.41) is 12.1. The van der Waals surface area contributed by atoms with E-state index in [0.717, 1.165) is 48.6 Å². The number of likely N-dealkylation sites (tertiary alicyclic amines) is 1. The number of nitrogens with zero attached hydrogens (tertiary/aromatic N) is 3. The van der Waals surface area contributed by atoms with Crippen LogP contribution in [0.5, 0.6) is 0 Å². The maximum absolute atomic E-state index is 12.3. The molecule has 2 aromatic rings. The average Bonchev–Trinajstić information content (AvgIpc) is 2.97. The number of hydrogen-bond acceptors (Lipinski definition) is 5. The molecule has 3 rings (SSSR count). The van der Waals surface area contributed by atoms with Gasteiger partial charge in [-0.2, -0.15) is 0 Å². The number of hydrogen-bond donors (Lipinski definition) is 1. The zero-order valence-electron chi connectivity index (χ0n) is 15.7. The molecule has 1 aromatic carbocycles. The van der Waals surface area contributed by atoms with E-state index in [1.165, 1.54) is 24.2 Å². The fourth-order valence-electron chi connectivity index (χ4n) is 3.14. The van der Waals surface area contributed by atoms with Gasteiger partial charge in [-0.3, -0.25) is 9.59 Å². The standard InChI is InChI=1S/C20H26N4O2S/c1-15-9-11-16(12-10-15)21-19(26)20-23-22-17(27-20)7-6-8-18(25)24-13-4-2-3-5-14-24/h9-12H,2-8,13-14H2,1H3,(H,21,26). The summed E-state index contributed by atoms with van der Waals surface area (Å²) in [5.74, 6) is -0.0120. The van der Waals surface area contributed by atoms with Gasteiger partial charge in [0.25, 0.3) is 5.91 Å². The van der Waals surface area contributed by atoms with Crippen LogP contribution in [0, 0.1) is 6.92 Å². The molecule has 0 unspecified atom stereocenters. The Bertz CT molecular complexity index is 765. The molecule has 1 aliphatic rings. The van der Waals surface area contributed by atoms with Gasteiger partial charge in [0.05, 0.1) is 0 Å². The lowest BCUT2D eigenvalue weighted by atomic mass is 10.2. The van der Waals surface area contributed by atoms with Crippen molar-refractivity contribution >= 4 is 28.8 Å². The van der Waals surface area contributed by atoms with E-state index in [-0.39, 0.29) is 11.8 Å². The van der Waals surface area contributed by atoms with Crippen molar-refractivity contribution in [2.24, 2.45) is 0 Å². The zero-order valence-corrected chi connectivity index (χ0v) is 16.6. The number of nitrogens with one attached hydrogen (secondary N) is 1. The largest absolute Gasteiger partial charge is 0.343 e. The van der Waals surface area contributed by atoms with E-state index >= 15 is 0 Å². The molecule has 1 saturated heterocycles. The maximum atomic E-state index is 12.3. The third-order valence-corrected chi connectivity index (χ3v) is 5.69. The van der Waals surface area contributed by atoms with Gasteiger partial charge in [-0.1, -0.05) is 41.9 Å². The van der Waals surface area contributed by atoms with E-state index in [2.05, 4.69) is 15.5 Å². The minimum absolute atomic E-state index is 0.235. The van der Waals surface area contributed by atoms with Gasteiger partial charge < -0.3 is 10.2 Å².